The fourth-order valence-corrected chi connectivity index (χ4v) is 2.42. The molecule has 0 aliphatic carbocycles. The van der Waals surface area contributed by atoms with Gasteiger partial charge in [-0.3, -0.25) is 4.79 Å². The summed E-state index contributed by atoms with van der Waals surface area (Å²) in [5.41, 5.74) is -3.18. The molecule has 0 spiro atoms. The summed E-state index contributed by atoms with van der Waals surface area (Å²) in [7, 11) is 0. The molecule has 2 aromatic rings. The summed E-state index contributed by atoms with van der Waals surface area (Å²) in [5, 5.41) is 15.3. The Morgan fingerprint density at radius 2 is 1.86 bits per heavy atom. The molecule has 3 nitrogen and oxygen atoms in total. The summed E-state index contributed by atoms with van der Waals surface area (Å²) in [6.45, 7) is -0.949. The van der Waals surface area contributed by atoms with E-state index >= 15 is 0 Å². The van der Waals surface area contributed by atoms with Gasteiger partial charge in [-0.05, 0) is 17.0 Å². The molecule has 1 aromatic heterocycles. The minimum atomic E-state index is -4.91. The molecule has 7 heteroatoms. The van der Waals surface area contributed by atoms with Crippen LogP contribution in [0.2, 0.25) is 0 Å². The Morgan fingerprint density at radius 1 is 1.19 bits per heavy atom. The molecule has 21 heavy (non-hydrogen) atoms. The molecule has 1 amide bonds. The van der Waals surface area contributed by atoms with Gasteiger partial charge in [0, 0.05) is 10.9 Å². The van der Waals surface area contributed by atoms with E-state index in [2.05, 4.69) is 5.32 Å². The van der Waals surface area contributed by atoms with Crippen LogP contribution in [0.5, 0.6) is 0 Å². The van der Waals surface area contributed by atoms with E-state index in [0.29, 0.717) is 0 Å². The average molecular weight is 315 g/mol. The summed E-state index contributed by atoms with van der Waals surface area (Å²) in [6.07, 6.45) is -4.91. The minimum absolute atomic E-state index is 0.262. The third-order valence-electron chi connectivity index (χ3n) is 3.01. The fraction of sp³-hybridized carbons (Fsp3) is 0.214. The van der Waals surface area contributed by atoms with Gasteiger partial charge < -0.3 is 10.4 Å². The number of hydrogen-bond acceptors (Lipinski definition) is 3. The van der Waals surface area contributed by atoms with Crippen molar-refractivity contribution in [3.05, 3.63) is 58.3 Å². The van der Waals surface area contributed by atoms with E-state index in [9.17, 15) is 23.1 Å². The lowest BCUT2D eigenvalue weighted by atomic mass is 9.93. The van der Waals surface area contributed by atoms with Crippen molar-refractivity contribution in [2.45, 2.75) is 11.8 Å². The fourth-order valence-electron chi connectivity index (χ4n) is 1.78. The van der Waals surface area contributed by atoms with Gasteiger partial charge in [-0.2, -0.15) is 24.5 Å². The predicted molar refractivity (Wildman–Crippen MR) is 73.0 cm³/mol. The highest BCUT2D eigenvalue weighted by Gasteiger charge is 2.55. The van der Waals surface area contributed by atoms with Gasteiger partial charge in [-0.15, -0.1) is 0 Å². The van der Waals surface area contributed by atoms with E-state index in [1.54, 1.807) is 11.4 Å². The smallest absolute Gasteiger partial charge is 0.375 e. The molecular weight excluding hydrogens is 303 g/mol. The second kappa shape index (κ2) is 5.87. The first kappa shape index (κ1) is 15.5. The van der Waals surface area contributed by atoms with E-state index in [0.717, 1.165) is 0 Å². The summed E-state index contributed by atoms with van der Waals surface area (Å²) in [6, 6.07) is 8.17. The first-order valence-electron chi connectivity index (χ1n) is 5.99. The molecule has 112 valence electrons. The van der Waals surface area contributed by atoms with Gasteiger partial charge >= 0.3 is 6.18 Å². The Bertz CT molecular complexity index is 598. The molecule has 0 saturated carbocycles. The molecule has 1 heterocycles. The number of carbonyl (C=O) groups excluding carboxylic acids is 1. The number of hydrogen-bond donors (Lipinski definition) is 2. The SMILES string of the molecule is O=C(NC[C@](O)(c1ccccc1)C(F)(F)F)c1ccsc1. The highest BCUT2D eigenvalue weighted by Crippen LogP contribution is 2.38. The molecule has 0 aliphatic rings. The Hall–Kier alpha value is -1.86. The van der Waals surface area contributed by atoms with Crippen LogP contribution in [0.1, 0.15) is 15.9 Å². The van der Waals surface area contributed by atoms with Crippen molar-refractivity contribution in [2.75, 3.05) is 6.54 Å². The second-order valence-corrected chi connectivity index (χ2v) is 5.20. The van der Waals surface area contributed by atoms with Crippen LogP contribution in [-0.2, 0) is 5.60 Å². The zero-order valence-electron chi connectivity index (χ0n) is 10.7. The van der Waals surface area contributed by atoms with Gasteiger partial charge in [0.15, 0.2) is 0 Å². The van der Waals surface area contributed by atoms with Crippen LogP contribution in [0.15, 0.2) is 47.2 Å². The van der Waals surface area contributed by atoms with Crippen molar-refractivity contribution in [3.8, 4) is 0 Å². The number of benzene rings is 1. The summed E-state index contributed by atoms with van der Waals surface area (Å²) in [4.78, 5) is 11.7. The van der Waals surface area contributed by atoms with Gasteiger partial charge in [0.1, 0.15) is 0 Å². The average Bonchev–Trinajstić information content (AvgIpc) is 2.98. The molecule has 2 N–H and O–H groups in total. The number of alkyl halides is 3. The van der Waals surface area contributed by atoms with E-state index in [4.69, 9.17) is 0 Å². The number of halogens is 3. The normalized spacial score (nSPS) is 14.5. The third kappa shape index (κ3) is 3.25. The van der Waals surface area contributed by atoms with Gasteiger partial charge in [0.25, 0.3) is 5.91 Å². The monoisotopic (exact) mass is 315 g/mol. The standard InChI is InChI=1S/C14H12F3NO2S/c15-14(16,17)13(20,11-4-2-1-3-5-11)9-18-12(19)10-6-7-21-8-10/h1-8,20H,9H2,(H,18,19)/t13-/m0/s1. The van der Waals surface area contributed by atoms with Crippen molar-refractivity contribution in [2.24, 2.45) is 0 Å². The topological polar surface area (TPSA) is 49.3 Å². The number of rotatable bonds is 4. The van der Waals surface area contributed by atoms with Crippen LogP contribution in [0.3, 0.4) is 0 Å². The third-order valence-corrected chi connectivity index (χ3v) is 3.69. The molecule has 0 saturated heterocycles. The number of aliphatic hydroxyl groups is 1. The van der Waals surface area contributed by atoms with Crippen molar-refractivity contribution in [3.63, 3.8) is 0 Å². The van der Waals surface area contributed by atoms with Crippen molar-refractivity contribution < 1.29 is 23.1 Å². The molecule has 0 unspecified atom stereocenters. The number of nitrogens with one attached hydrogen (secondary N) is 1. The van der Waals surface area contributed by atoms with Crippen LogP contribution in [0.25, 0.3) is 0 Å². The summed E-state index contributed by atoms with van der Waals surface area (Å²) >= 11 is 1.26. The summed E-state index contributed by atoms with van der Waals surface area (Å²) in [5.74, 6) is -0.658. The Kier molecular flexibility index (Phi) is 4.34. The lowest BCUT2D eigenvalue weighted by Gasteiger charge is -2.31. The van der Waals surface area contributed by atoms with E-state index in [1.165, 1.54) is 47.0 Å². The maximum absolute atomic E-state index is 13.2. The largest absolute Gasteiger partial charge is 0.423 e. The van der Waals surface area contributed by atoms with Crippen LogP contribution in [0, 0.1) is 0 Å². The van der Waals surface area contributed by atoms with E-state index < -0.39 is 24.2 Å². The molecular formula is C14H12F3NO2S. The molecule has 2 rings (SSSR count). The molecule has 1 aromatic carbocycles. The number of thiophene rings is 1. The molecule has 0 radical (unpaired) electrons. The minimum Gasteiger partial charge on any atom is -0.375 e. The van der Waals surface area contributed by atoms with Gasteiger partial charge in [-0.1, -0.05) is 30.3 Å². The van der Waals surface area contributed by atoms with Gasteiger partial charge in [0.05, 0.1) is 6.54 Å². The quantitative estimate of drug-likeness (QED) is 0.911. The van der Waals surface area contributed by atoms with E-state index in [-0.39, 0.29) is 11.1 Å². The van der Waals surface area contributed by atoms with Crippen LogP contribution < -0.4 is 5.32 Å². The van der Waals surface area contributed by atoms with Crippen LogP contribution in [0.4, 0.5) is 13.2 Å². The molecule has 0 aliphatic heterocycles. The first-order chi connectivity index (χ1) is 9.84. The van der Waals surface area contributed by atoms with Crippen molar-refractivity contribution >= 4 is 17.2 Å². The number of amides is 1. The summed E-state index contributed by atoms with van der Waals surface area (Å²) < 4.78 is 39.6. The van der Waals surface area contributed by atoms with Crippen LogP contribution in [-0.4, -0.2) is 23.7 Å². The van der Waals surface area contributed by atoms with Gasteiger partial charge in [0.2, 0.25) is 5.60 Å². The predicted octanol–water partition coefficient (Wildman–Crippen LogP) is 2.93. The molecule has 1 atom stereocenters. The Morgan fingerprint density at radius 3 is 2.38 bits per heavy atom. The van der Waals surface area contributed by atoms with Crippen molar-refractivity contribution in [1.29, 1.82) is 0 Å². The highest BCUT2D eigenvalue weighted by atomic mass is 32.1. The number of carbonyl (C=O) groups is 1. The maximum Gasteiger partial charge on any atom is 0.423 e. The zero-order valence-corrected chi connectivity index (χ0v) is 11.5. The Balaban J connectivity index is 2.20. The van der Waals surface area contributed by atoms with Crippen molar-refractivity contribution in [1.82, 2.24) is 5.32 Å². The first-order valence-corrected chi connectivity index (χ1v) is 6.94. The zero-order chi connectivity index (χ0) is 15.5. The lowest BCUT2D eigenvalue weighted by Crippen LogP contribution is -2.51. The van der Waals surface area contributed by atoms with Crippen LogP contribution >= 0.6 is 11.3 Å². The molecule has 0 fully saturated rings. The van der Waals surface area contributed by atoms with E-state index in [1.807, 2.05) is 0 Å². The second-order valence-electron chi connectivity index (χ2n) is 4.42. The molecule has 0 bridgehead atoms. The lowest BCUT2D eigenvalue weighted by molar-refractivity contribution is -0.263. The Labute approximate surface area is 123 Å². The maximum atomic E-state index is 13.2. The van der Waals surface area contributed by atoms with Gasteiger partial charge in [-0.25, -0.2) is 0 Å². The highest BCUT2D eigenvalue weighted by molar-refractivity contribution is 7.08.